The van der Waals surface area contributed by atoms with Crippen LogP contribution in [0.15, 0.2) is 0 Å². The highest BCUT2D eigenvalue weighted by Crippen LogP contribution is 2.05. The van der Waals surface area contributed by atoms with Crippen LogP contribution in [0.1, 0.15) is 33.1 Å². The summed E-state index contributed by atoms with van der Waals surface area (Å²) in [6, 6.07) is -0.793. The number of carbonyl (C=O) groups excluding carboxylic acids is 1. The second-order valence-corrected chi connectivity index (χ2v) is 4.57. The van der Waals surface area contributed by atoms with Gasteiger partial charge in [-0.25, -0.2) is 0 Å². The third-order valence-corrected chi connectivity index (χ3v) is 2.93. The van der Waals surface area contributed by atoms with E-state index < -0.39 is 12.0 Å². The molecule has 0 aromatic carbocycles. The van der Waals surface area contributed by atoms with E-state index >= 15 is 0 Å². The summed E-state index contributed by atoms with van der Waals surface area (Å²) in [6.07, 6.45) is 2.72. The monoisotopic (exact) mass is 233 g/mol. The molecule has 0 aliphatic heterocycles. The highest BCUT2D eigenvalue weighted by atomic mass is 32.2. The number of rotatable bonds is 8. The molecular formula is C10H19NO3S. The number of hydrogen-bond acceptors (Lipinski definition) is 3. The Bertz CT molecular complexity index is 209. The number of unbranched alkanes of at least 4 members (excludes halogenated alkanes) is 1. The Morgan fingerprint density at radius 2 is 2.07 bits per heavy atom. The lowest BCUT2D eigenvalue weighted by atomic mass is 10.3. The van der Waals surface area contributed by atoms with Crippen molar-refractivity contribution in [3.05, 3.63) is 0 Å². The third-order valence-electron chi connectivity index (χ3n) is 1.86. The lowest BCUT2D eigenvalue weighted by Gasteiger charge is -2.08. The minimum absolute atomic E-state index is 0.186. The van der Waals surface area contributed by atoms with Crippen LogP contribution in [0.3, 0.4) is 0 Å². The van der Waals surface area contributed by atoms with Gasteiger partial charge < -0.3 is 10.4 Å². The van der Waals surface area contributed by atoms with E-state index in [1.807, 2.05) is 0 Å². The summed E-state index contributed by atoms with van der Waals surface area (Å²) in [7, 11) is 0. The van der Waals surface area contributed by atoms with Gasteiger partial charge in [0.1, 0.15) is 6.04 Å². The molecule has 0 bridgehead atoms. The molecule has 0 unspecified atom stereocenters. The number of nitrogens with one attached hydrogen (secondary N) is 1. The van der Waals surface area contributed by atoms with E-state index in [1.54, 1.807) is 11.8 Å². The van der Waals surface area contributed by atoms with Crippen molar-refractivity contribution < 1.29 is 14.7 Å². The average molecular weight is 233 g/mol. The Morgan fingerprint density at radius 1 is 1.40 bits per heavy atom. The van der Waals surface area contributed by atoms with Crippen molar-refractivity contribution >= 4 is 23.6 Å². The van der Waals surface area contributed by atoms with E-state index in [4.69, 9.17) is 5.11 Å². The van der Waals surface area contributed by atoms with E-state index in [0.717, 1.165) is 24.3 Å². The maximum Gasteiger partial charge on any atom is 0.325 e. The fraction of sp³-hybridized carbons (Fsp3) is 0.800. The van der Waals surface area contributed by atoms with E-state index in [-0.39, 0.29) is 5.91 Å². The largest absolute Gasteiger partial charge is 0.480 e. The molecule has 0 saturated heterocycles. The van der Waals surface area contributed by atoms with Gasteiger partial charge in [-0.05, 0) is 19.1 Å². The van der Waals surface area contributed by atoms with Gasteiger partial charge in [0.05, 0.1) is 0 Å². The van der Waals surface area contributed by atoms with Crippen molar-refractivity contribution in [1.29, 1.82) is 0 Å². The molecule has 0 aromatic rings. The Kier molecular flexibility index (Phi) is 8.18. The van der Waals surface area contributed by atoms with Gasteiger partial charge in [0.15, 0.2) is 0 Å². The predicted molar refractivity (Wildman–Crippen MR) is 62.1 cm³/mol. The summed E-state index contributed by atoms with van der Waals surface area (Å²) in [4.78, 5) is 21.6. The lowest BCUT2D eigenvalue weighted by Crippen LogP contribution is -2.38. The van der Waals surface area contributed by atoms with Crippen molar-refractivity contribution in [3.63, 3.8) is 0 Å². The van der Waals surface area contributed by atoms with Crippen molar-refractivity contribution in [3.8, 4) is 0 Å². The Balaban J connectivity index is 3.45. The molecule has 2 N–H and O–H groups in total. The van der Waals surface area contributed by atoms with E-state index in [1.165, 1.54) is 6.92 Å². The standard InChI is InChI=1S/C10H19NO3S/c1-3-4-6-15-7-5-9(12)11-8(2)10(13)14/h8H,3-7H2,1-2H3,(H,11,12)(H,13,14)/t8-/m0/s1. The molecule has 15 heavy (non-hydrogen) atoms. The number of amides is 1. The zero-order valence-electron chi connectivity index (χ0n) is 9.28. The second kappa shape index (κ2) is 8.59. The molecule has 4 nitrogen and oxygen atoms in total. The van der Waals surface area contributed by atoms with Gasteiger partial charge in [-0.2, -0.15) is 11.8 Å². The molecule has 0 rings (SSSR count). The summed E-state index contributed by atoms with van der Waals surface area (Å²) < 4.78 is 0. The summed E-state index contributed by atoms with van der Waals surface area (Å²) in [5.74, 6) is 0.645. The Morgan fingerprint density at radius 3 is 2.60 bits per heavy atom. The van der Waals surface area contributed by atoms with Crippen molar-refractivity contribution in [2.24, 2.45) is 0 Å². The van der Waals surface area contributed by atoms with Crippen LogP contribution in [-0.4, -0.2) is 34.5 Å². The smallest absolute Gasteiger partial charge is 0.325 e. The second-order valence-electron chi connectivity index (χ2n) is 3.34. The van der Waals surface area contributed by atoms with Gasteiger partial charge in [0.2, 0.25) is 5.91 Å². The van der Waals surface area contributed by atoms with Crippen molar-refractivity contribution in [2.75, 3.05) is 11.5 Å². The van der Waals surface area contributed by atoms with Gasteiger partial charge in [-0.15, -0.1) is 0 Å². The molecule has 0 aliphatic carbocycles. The van der Waals surface area contributed by atoms with E-state index in [2.05, 4.69) is 12.2 Å². The summed E-state index contributed by atoms with van der Waals surface area (Å²) >= 11 is 1.73. The highest BCUT2D eigenvalue weighted by molar-refractivity contribution is 7.99. The SMILES string of the molecule is CCCCSCCC(=O)N[C@@H](C)C(=O)O. The number of hydrogen-bond donors (Lipinski definition) is 2. The third kappa shape index (κ3) is 8.30. The lowest BCUT2D eigenvalue weighted by molar-refractivity contribution is -0.141. The van der Waals surface area contributed by atoms with Gasteiger partial charge in [0, 0.05) is 12.2 Å². The normalized spacial score (nSPS) is 12.1. The fourth-order valence-electron chi connectivity index (χ4n) is 0.889. The maximum absolute atomic E-state index is 11.2. The number of carboxylic acids is 1. The predicted octanol–water partition coefficient (Wildman–Crippen LogP) is 1.50. The first-order valence-corrected chi connectivity index (χ1v) is 6.33. The molecule has 0 radical (unpaired) electrons. The number of thioether (sulfide) groups is 1. The maximum atomic E-state index is 11.2. The molecule has 0 saturated carbocycles. The molecule has 1 atom stereocenters. The zero-order chi connectivity index (χ0) is 11.7. The quantitative estimate of drug-likeness (QED) is 0.623. The summed E-state index contributed by atoms with van der Waals surface area (Å²) in [5.41, 5.74) is 0. The van der Waals surface area contributed by atoms with E-state index in [0.29, 0.717) is 6.42 Å². The Hall–Kier alpha value is -0.710. The molecule has 1 amide bonds. The van der Waals surface area contributed by atoms with Crippen LogP contribution in [0.5, 0.6) is 0 Å². The van der Waals surface area contributed by atoms with Crippen LogP contribution in [0.2, 0.25) is 0 Å². The molecular weight excluding hydrogens is 214 g/mol. The molecule has 0 aromatic heterocycles. The van der Waals surface area contributed by atoms with Crippen LogP contribution in [0.25, 0.3) is 0 Å². The van der Waals surface area contributed by atoms with Gasteiger partial charge in [-0.1, -0.05) is 13.3 Å². The average Bonchev–Trinajstić information content (AvgIpc) is 2.17. The minimum atomic E-state index is -0.998. The highest BCUT2D eigenvalue weighted by Gasteiger charge is 2.12. The molecule has 0 fully saturated rings. The fourth-order valence-corrected chi connectivity index (χ4v) is 1.92. The van der Waals surface area contributed by atoms with Crippen LogP contribution in [0.4, 0.5) is 0 Å². The van der Waals surface area contributed by atoms with Crippen molar-refractivity contribution in [2.45, 2.75) is 39.2 Å². The summed E-state index contributed by atoms with van der Waals surface area (Å²) in [5, 5.41) is 11.0. The van der Waals surface area contributed by atoms with Crippen LogP contribution >= 0.6 is 11.8 Å². The number of aliphatic carboxylic acids is 1. The first-order valence-electron chi connectivity index (χ1n) is 5.17. The Labute approximate surface area is 94.8 Å². The minimum Gasteiger partial charge on any atom is -0.480 e. The van der Waals surface area contributed by atoms with Gasteiger partial charge >= 0.3 is 5.97 Å². The van der Waals surface area contributed by atoms with Crippen LogP contribution in [-0.2, 0) is 9.59 Å². The first kappa shape index (κ1) is 14.3. The van der Waals surface area contributed by atoms with Gasteiger partial charge in [-0.3, -0.25) is 9.59 Å². The zero-order valence-corrected chi connectivity index (χ0v) is 10.1. The number of carboxylic acid groups (broad SMARTS) is 1. The first-order chi connectivity index (χ1) is 7.07. The van der Waals surface area contributed by atoms with Crippen molar-refractivity contribution in [1.82, 2.24) is 5.32 Å². The topological polar surface area (TPSA) is 66.4 Å². The molecule has 88 valence electrons. The number of carbonyl (C=O) groups is 2. The van der Waals surface area contributed by atoms with Gasteiger partial charge in [0.25, 0.3) is 0 Å². The molecule has 5 heteroatoms. The molecule has 0 heterocycles. The molecule has 0 aliphatic rings. The van der Waals surface area contributed by atoms with Crippen LogP contribution < -0.4 is 5.32 Å². The summed E-state index contributed by atoms with van der Waals surface area (Å²) in [6.45, 7) is 3.59. The van der Waals surface area contributed by atoms with E-state index in [9.17, 15) is 9.59 Å². The van der Waals surface area contributed by atoms with Crippen LogP contribution in [0, 0.1) is 0 Å². The molecule has 0 spiro atoms.